The van der Waals surface area contributed by atoms with Gasteiger partial charge in [-0.05, 0) is 31.2 Å². The molecule has 7 nitrogen and oxygen atoms in total. The number of para-hydroxylation sites is 2. The molecule has 0 saturated heterocycles. The van der Waals surface area contributed by atoms with Crippen LogP contribution in [0.2, 0.25) is 0 Å². The lowest BCUT2D eigenvalue weighted by Gasteiger charge is -2.13. The van der Waals surface area contributed by atoms with Gasteiger partial charge in [-0.25, -0.2) is 13.4 Å². The molecule has 1 aromatic heterocycles. The molecule has 10 heteroatoms. The van der Waals surface area contributed by atoms with E-state index in [1.54, 1.807) is 31.2 Å². The first-order valence-electron chi connectivity index (χ1n) is 8.09. The van der Waals surface area contributed by atoms with E-state index in [9.17, 15) is 26.8 Å². The summed E-state index contributed by atoms with van der Waals surface area (Å²) < 4.78 is 50.4. The van der Waals surface area contributed by atoms with Gasteiger partial charge in [0, 0.05) is 0 Å². The lowest BCUT2D eigenvalue weighted by atomic mass is 10.2. The molecule has 146 valence electrons. The monoisotopic (exact) mass is 407 g/mol. The molecule has 0 bridgehead atoms. The highest BCUT2D eigenvalue weighted by Crippen LogP contribution is 2.26. The van der Waals surface area contributed by atoms with Crippen LogP contribution in [0, 0.1) is 6.92 Å². The fourth-order valence-electron chi connectivity index (χ4n) is 2.71. The van der Waals surface area contributed by atoms with Gasteiger partial charge in [0.15, 0.2) is 0 Å². The molecule has 0 fully saturated rings. The van der Waals surface area contributed by atoms with E-state index in [0.29, 0.717) is 10.9 Å². The summed E-state index contributed by atoms with van der Waals surface area (Å²) in [5.74, 6) is -4.09. The van der Waals surface area contributed by atoms with Crippen molar-refractivity contribution in [2.24, 2.45) is 0 Å². The predicted molar refractivity (Wildman–Crippen MR) is 99.0 cm³/mol. The van der Waals surface area contributed by atoms with Crippen molar-refractivity contribution in [2.75, 3.05) is 5.32 Å². The number of sulfone groups is 1. The van der Waals surface area contributed by atoms with Crippen LogP contribution >= 0.6 is 0 Å². The Balaban J connectivity index is 1.93. The molecule has 1 N–H and O–H groups in total. The number of anilines is 1. The van der Waals surface area contributed by atoms with Crippen molar-refractivity contribution in [3.8, 4) is 0 Å². The highest BCUT2D eigenvalue weighted by molar-refractivity contribution is 7.91. The summed E-state index contributed by atoms with van der Waals surface area (Å²) in [6.07, 6.45) is 0. The summed E-state index contributed by atoms with van der Waals surface area (Å²) in [4.78, 5) is 28.6. The summed E-state index contributed by atoms with van der Waals surface area (Å²) in [5.41, 5.74) is -0.242. The zero-order chi connectivity index (χ0) is 20.5. The van der Waals surface area contributed by atoms with Crippen LogP contribution in [0.3, 0.4) is 0 Å². The molecule has 0 atom stereocenters. The molecular formula is C18H15F2N3O4S. The number of alkyl halides is 2. The van der Waals surface area contributed by atoms with E-state index in [1.165, 1.54) is 18.2 Å². The zero-order valence-electron chi connectivity index (χ0n) is 14.6. The van der Waals surface area contributed by atoms with Crippen LogP contribution in [0.15, 0.2) is 58.2 Å². The van der Waals surface area contributed by atoms with Gasteiger partial charge < -0.3 is 5.32 Å². The fourth-order valence-corrected chi connectivity index (χ4v) is 3.60. The smallest absolute Gasteiger partial charge is 0.323 e. The third kappa shape index (κ3) is 3.63. The van der Waals surface area contributed by atoms with Crippen molar-refractivity contribution in [3.05, 3.63) is 64.7 Å². The second kappa shape index (κ2) is 7.47. The second-order valence-corrected chi connectivity index (χ2v) is 7.80. The minimum Gasteiger partial charge on any atom is -0.323 e. The molecule has 0 aliphatic carbocycles. The van der Waals surface area contributed by atoms with Gasteiger partial charge in [-0.2, -0.15) is 8.78 Å². The molecule has 1 heterocycles. The van der Waals surface area contributed by atoms with Crippen LogP contribution < -0.4 is 10.9 Å². The molecule has 0 saturated carbocycles. The summed E-state index contributed by atoms with van der Waals surface area (Å²) in [5, 5.41) is 2.60. The number of hydrogen-bond donors (Lipinski definition) is 1. The third-order valence-electron chi connectivity index (χ3n) is 4.06. The van der Waals surface area contributed by atoms with Gasteiger partial charge in [0.1, 0.15) is 12.4 Å². The van der Waals surface area contributed by atoms with Crippen molar-refractivity contribution in [1.82, 2.24) is 9.55 Å². The first-order valence-corrected chi connectivity index (χ1v) is 9.63. The number of aryl methyl sites for hydroxylation is 1. The molecule has 0 unspecified atom stereocenters. The Morgan fingerprint density at radius 2 is 1.79 bits per heavy atom. The molecule has 0 spiro atoms. The summed E-state index contributed by atoms with van der Waals surface area (Å²) in [6.45, 7) is 1.10. The normalized spacial score (nSPS) is 11.7. The minimum absolute atomic E-state index is 0.285. The SMILES string of the molecule is Cc1nc2ccccc2c(=O)n1CC(=O)Nc1ccccc1S(=O)(=O)C(F)F. The first kappa shape index (κ1) is 19.6. The highest BCUT2D eigenvalue weighted by Gasteiger charge is 2.29. The lowest BCUT2D eigenvalue weighted by Crippen LogP contribution is -2.30. The summed E-state index contributed by atoms with van der Waals surface area (Å²) >= 11 is 0. The van der Waals surface area contributed by atoms with Crippen molar-refractivity contribution in [1.29, 1.82) is 0 Å². The number of benzene rings is 2. The van der Waals surface area contributed by atoms with E-state index in [1.807, 2.05) is 0 Å². The molecule has 2 aromatic carbocycles. The van der Waals surface area contributed by atoms with E-state index in [2.05, 4.69) is 10.3 Å². The average Bonchev–Trinajstić information content (AvgIpc) is 2.65. The summed E-state index contributed by atoms with van der Waals surface area (Å²) in [6, 6.07) is 11.5. The van der Waals surface area contributed by atoms with E-state index in [-0.39, 0.29) is 11.5 Å². The Labute approximate surface area is 158 Å². The number of rotatable bonds is 5. The van der Waals surface area contributed by atoms with Crippen molar-refractivity contribution in [2.45, 2.75) is 24.1 Å². The molecule has 0 radical (unpaired) electrons. The average molecular weight is 407 g/mol. The van der Waals surface area contributed by atoms with E-state index < -0.39 is 38.5 Å². The standard InChI is InChI=1S/C18H15F2N3O4S/c1-11-21-13-7-3-2-6-12(13)17(25)23(11)10-16(24)22-14-8-4-5-9-15(14)28(26,27)18(19)20/h2-9,18H,10H2,1H3,(H,22,24). The maximum atomic E-state index is 12.9. The topological polar surface area (TPSA) is 98.1 Å². The number of nitrogens with one attached hydrogen (secondary N) is 1. The maximum Gasteiger partial charge on any atom is 0.341 e. The second-order valence-electron chi connectivity index (χ2n) is 5.92. The van der Waals surface area contributed by atoms with E-state index in [4.69, 9.17) is 0 Å². The third-order valence-corrected chi connectivity index (χ3v) is 5.49. The number of fused-ring (bicyclic) bond motifs is 1. The van der Waals surface area contributed by atoms with Gasteiger partial charge in [-0.1, -0.05) is 24.3 Å². The van der Waals surface area contributed by atoms with Crippen LogP contribution in [-0.2, 0) is 21.2 Å². The van der Waals surface area contributed by atoms with E-state index >= 15 is 0 Å². The Morgan fingerprint density at radius 3 is 2.50 bits per heavy atom. The number of carbonyl (C=O) groups excluding carboxylic acids is 1. The van der Waals surface area contributed by atoms with Gasteiger partial charge >= 0.3 is 5.76 Å². The molecule has 3 rings (SSSR count). The highest BCUT2D eigenvalue weighted by atomic mass is 32.2. The Kier molecular flexibility index (Phi) is 5.23. The van der Waals surface area contributed by atoms with Crippen molar-refractivity contribution in [3.63, 3.8) is 0 Å². The van der Waals surface area contributed by atoms with E-state index in [0.717, 1.165) is 10.6 Å². The minimum atomic E-state index is -4.90. The summed E-state index contributed by atoms with van der Waals surface area (Å²) in [7, 11) is -4.90. The van der Waals surface area contributed by atoms with Crippen molar-refractivity contribution < 1.29 is 22.0 Å². The molecule has 0 aliphatic heterocycles. The number of aromatic nitrogens is 2. The van der Waals surface area contributed by atoms with Crippen LogP contribution in [0.25, 0.3) is 10.9 Å². The van der Waals surface area contributed by atoms with Gasteiger partial charge in [0.2, 0.25) is 15.7 Å². The van der Waals surface area contributed by atoms with Gasteiger partial charge in [0.05, 0.1) is 21.5 Å². The molecule has 1 amide bonds. The molecule has 28 heavy (non-hydrogen) atoms. The van der Waals surface area contributed by atoms with Crippen LogP contribution in [0.1, 0.15) is 5.82 Å². The van der Waals surface area contributed by atoms with Crippen molar-refractivity contribution >= 4 is 32.3 Å². The van der Waals surface area contributed by atoms with Gasteiger partial charge in [-0.3, -0.25) is 14.2 Å². The maximum absolute atomic E-state index is 12.9. The number of amides is 1. The molecular weight excluding hydrogens is 392 g/mol. The number of halogens is 2. The van der Waals surface area contributed by atoms with Crippen LogP contribution in [0.5, 0.6) is 0 Å². The van der Waals surface area contributed by atoms with Crippen LogP contribution in [0.4, 0.5) is 14.5 Å². The molecule has 0 aliphatic rings. The van der Waals surface area contributed by atoms with Gasteiger partial charge in [0.25, 0.3) is 5.56 Å². The Hall–Kier alpha value is -3.14. The van der Waals surface area contributed by atoms with Gasteiger partial charge in [-0.15, -0.1) is 0 Å². The lowest BCUT2D eigenvalue weighted by molar-refractivity contribution is -0.116. The number of carbonyl (C=O) groups is 1. The zero-order valence-corrected chi connectivity index (χ0v) is 15.4. The number of hydrogen-bond acceptors (Lipinski definition) is 5. The molecule has 3 aromatic rings. The Bertz CT molecular complexity index is 1220. The first-order chi connectivity index (χ1) is 13.2. The van der Waals surface area contributed by atoms with Crippen LogP contribution in [-0.4, -0.2) is 29.6 Å². The fraction of sp³-hybridized carbons (Fsp3) is 0.167. The largest absolute Gasteiger partial charge is 0.341 e. The number of nitrogens with zero attached hydrogens (tertiary/aromatic N) is 2. The quantitative estimate of drug-likeness (QED) is 0.700. The predicted octanol–water partition coefficient (Wildman–Crippen LogP) is 2.34. The Morgan fingerprint density at radius 1 is 1.14 bits per heavy atom.